The third kappa shape index (κ3) is 4.33. The highest BCUT2D eigenvalue weighted by molar-refractivity contribution is 5.99. The number of hydrogen-bond acceptors (Lipinski definition) is 7. The summed E-state index contributed by atoms with van der Waals surface area (Å²) in [7, 11) is 1.23. The zero-order valence-corrected chi connectivity index (χ0v) is 16.2. The van der Waals surface area contributed by atoms with E-state index >= 15 is 0 Å². The second-order valence-electron chi connectivity index (χ2n) is 6.06. The Morgan fingerprint density at radius 2 is 1.75 bits per heavy atom. The molecule has 0 fully saturated rings. The lowest BCUT2D eigenvalue weighted by atomic mass is 9.80. The normalized spacial score (nSPS) is 16.4. The number of allylic oxidation sites excluding steroid dienone is 2. The average molecular weight is 389 g/mol. The van der Waals surface area contributed by atoms with Crippen LogP contribution in [0.2, 0.25) is 0 Å². The molecule has 150 valence electrons. The zero-order chi connectivity index (χ0) is 20.8. The lowest BCUT2D eigenvalue weighted by molar-refractivity contribution is -0.145. The molecule has 28 heavy (non-hydrogen) atoms. The summed E-state index contributed by atoms with van der Waals surface area (Å²) < 4.78 is 15.3. The van der Waals surface area contributed by atoms with Crippen LogP contribution in [0.1, 0.15) is 32.3 Å². The number of nitrogens with one attached hydrogen (secondary N) is 1. The number of para-hydroxylation sites is 1. The van der Waals surface area contributed by atoms with Crippen LogP contribution >= 0.6 is 0 Å². The molecule has 1 atom stereocenters. The second kappa shape index (κ2) is 9.07. The molecule has 8 heteroatoms. The van der Waals surface area contributed by atoms with Crippen molar-refractivity contribution in [2.24, 2.45) is 0 Å². The molecule has 0 radical (unpaired) electrons. The first kappa shape index (κ1) is 21.0. The van der Waals surface area contributed by atoms with Gasteiger partial charge in [0.1, 0.15) is 5.75 Å². The molecular formula is C20H23NO7. The van der Waals surface area contributed by atoms with Gasteiger partial charge in [0.2, 0.25) is 0 Å². The van der Waals surface area contributed by atoms with Crippen molar-refractivity contribution in [3.63, 3.8) is 0 Å². The van der Waals surface area contributed by atoms with Gasteiger partial charge in [-0.15, -0.1) is 0 Å². The van der Waals surface area contributed by atoms with E-state index in [1.807, 2.05) is 0 Å². The maximum absolute atomic E-state index is 12.4. The summed E-state index contributed by atoms with van der Waals surface area (Å²) >= 11 is 0. The molecule has 2 N–H and O–H groups in total. The van der Waals surface area contributed by atoms with Crippen molar-refractivity contribution in [1.29, 1.82) is 0 Å². The molecule has 0 saturated heterocycles. The molecule has 1 aromatic carbocycles. The Labute approximate surface area is 162 Å². The third-order valence-corrected chi connectivity index (χ3v) is 4.28. The first-order chi connectivity index (χ1) is 13.3. The van der Waals surface area contributed by atoms with Gasteiger partial charge in [-0.1, -0.05) is 18.2 Å². The van der Waals surface area contributed by atoms with Crippen molar-refractivity contribution in [2.45, 2.75) is 26.7 Å². The van der Waals surface area contributed by atoms with Crippen molar-refractivity contribution >= 4 is 17.9 Å². The summed E-state index contributed by atoms with van der Waals surface area (Å²) in [5, 5.41) is 12.7. The fourth-order valence-corrected chi connectivity index (χ4v) is 3.16. The predicted octanol–water partition coefficient (Wildman–Crippen LogP) is 2.12. The topological polar surface area (TPSA) is 111 Å². The van der Waals surface area contributed by atoms with Crippen LogP contribution in [0.5, 0.6) is 5.75 Å². The van der Waals surface area contributed by atoms with Crippen molar-refractivity contribution in [3.8, 4) is 5.75 Å². The molecule has 1 aromatic rings. The molecule has 0 spiro atoms. The third-order valence-electron chi connectivity index (χ3n) is 4.28. The summed E-state index contributed by atoms with van der Waals surface area (Å²) in [5.74, 6) is -3.02. The number of methoxy groups -OCH3 is 1. The molecular weight excluding hydrogens is 366 g/mol. The molecule has 0 bridgehead atoms. The summed E-state index contributed by atoms with van der Waals surface area (Å²) in [4.78, 5) is 36.1. The Morgan fingerprint density at radius 1 is 1.11 bits per heavy atom. The van der Waals surface area contributed by atoms with Gasteiger partial charge in [-0.2, -0.15) is 0 Å². The van der Waals surface area contributed by atoms with Crippen molar-refractivity contribution in [2.75, 3.05) is 20.3 Å². The summed E-state index contributed by atoms with van der Waals surface area (Å²) in [6, 6.07) is 6.66. The number of aliphatic carboxylic acids is 1. The summed E-state index contributed by atoms with van der Waals surface area (Å²) in [6.45, 7) is 4.86. The Hall–Kier alpha value is -3.29. The van der Waals surface area contributed by atoms with Gasteiger partial charge in [0.15, 0.2) is 6.61 Å². The number of carboxylic acid groups (broad SMARTS) is 1. The van der Waals surface area contributed by atoms with Gasteiger partial charge < -0.3 is 24.6 Å². The van der Waals surface area contributed by atoms with Crippen LogP contribution < -0.4 is 10.1 Å². The van der Waals surface area contributed by atoms with Crippen molar-refractivity contribution in [1.82, 2.24) is 5.32 Å². The fourth-order valence-electron chi connectivity index (χ4n) is 3.16. The minimum Gasteiger partial charge on any atom is -0.482 e. The largest absolute Gasteiger partial charge is 0.482 e. The van der Waals surface area contributed by atoms with E-state index in [2.05, 4.69) is 5.32 Å². The monoisotopic (exact) mass is 389 g/mol. The van der Waals surface area contributed by atoms with E-state index in [1.165, 1.54) is 7.11 Å². The van der Waals surface area contributed by atoms with E-state index in [-0.39, 0.29) is 30.1 Å². The highest BCUT2D eigenvalue weighted by atomic mass is 16.6. The van der Waals surface area contributed by atoms with Gasteiger partial charge in [-0.05, 0) is 26.8 Å². The number of carbonyl (C=O) groups excluding carboxylic acids is 2. The van der Waals surface area contributed by atoms with Crippen LogP contribution in [-0.2, 0) is 23.9 Å². The minimum atomic E-state index is -1.18. The van der Waals surface area contributed by atoms with Gasteiger partial charge in [0, 0.05) is 17.0 Å². The first-order valence-electron chi connectivity index (χ1n) is 8.69. The Kier molecular flexibility index (Phi) is 6.81. The van der Waals surface area contributed by atoms with Crippen LogP contribution in [0.15, 0.2) is 46.8 Å². The lowest BCUT2D eigenvalue weighted by Gasteiger charge is -2.30. The molecule has 0 amide bonds. The van der Waals surface area contributed by atoms with E-state index in [0.717, 1.165) is 0 Å². The second-order valence-corrected chi connectivity index (χ2v) is 6.06. The number of ether oxygens (including phenoxy) is 3. The van der Waals surface area contributed by atoms with Crippen LogP contribution in [0.25, 0.3) is 0 Å². The van der Waals surface area contributed by atoms with E-state index in [1.54, 1.807) is 45.0 Å². The molecule has 0 aliphatic carbocycles. The maximum atomic E-state index is 12.4. The summed E-state index contributed by atoms with van der Waals surface area (Å²) in [5.41, 5.74) is 1.49. The summed E-state index contributed by atoms with van der Waals surface area (Å²) in [6.07, 6.45) is 0. The Morgan fingerprint density at radius 3 is 2.36 bits per heavy atom. The predicted molar refractivity (Wildman–Crippen MR) is 99.5 cm³/mol. The molecule has 1 unspecified atom stereocenters. The number of rotatable bonds is 7. The van der Waals surface area contributed by atoms with Gasteiger partial charge in [-0.25, -0.2) is 14.4 Å². The highest BCUT2D eigenvalue weighted by Crippen LogP contribution is 2.42. The van der Waals surface area contributed by atoms with E-state index in [0.29, 0.717) is 17.0 Å². The Bertz CT molecular complexity index is 854. The molecule has 0 aromatic heterocycles. The van der Waals surface area contributed by atoms with Gasteiger partial charge in [0.25, 0.3) is 0 Å². The molecule has 2 rings (SSSR count). The van der Waals surface area contributed by atoms with E-state index < -0.39 is 23.8 Å². The van der Waals surface area contributed by atoms with Crippen LogP contribution in [0.4, 0.5) is 0 Å². The van der Waals surface area contributed by atoms with Gasteiger partial charge in [-0.3, -0.25) is 0 Å². The quantitative estimate of drug-likeness (QED) is 0.682. The number of benzene rings is 1. The van der Waals surface area contributed by atoms with Crippen molar-refractivity contribution < 1.29 is 33.7 Å². The molecule has 8 nitrogen and oxygen atoms in total. The Balaban J connectivity index is 2.57. The molecule has 0 saturated carbocycles. The van der Waals surface area contributed by atoms with E-state index in [9.17, 15) is 19.5 Å². The number of carbonyl (C=O) groups is 3. The SMILES string of the molecule is CCOC(=O)COc1ccccc1C1C(C(=O)O)=C(C)NC(C)=C1C(=O)OC. The van der Waals surface area contributed by atoms with Gasteiger partial charge in [0.05, 0.1) is 30.8 Å². The standard InChI is InChI=1S/C20H23NO7/c1-5-27-15(22)10-28-14-9-7-6-8-13(14)18-16(19(23)24)11(2)21-12(3)17(18)20(25)26-4/h6-9,18,21H,5,10H2,1-4H3,(H,23,24). The number of hydrogen-bond donors (Lipinski definition) is 2. The average Bonchev–Trinajstić information content (AvgIpc) is 2.65. The van der Waals surface area contributed by atoms with Crippen molar-refractivity contribution in [3.05, 3.63) is 52.4 Å². The number of dihydropyridines is 1. The molecule has 1 aliphatic rings. The van der Waals surface area contributed by atoms with Crippen LogP contribution in [0, 0.1) is 0 Å². The molecule has 1 aliphatic heterocycles. The lowest BCUT2D eigenvalue weighted by Crippen LogP contribution is -2.31. The molecule has 1 heterocycles. The fraction of sp³-hybridized carbons (Fsp3) is 0.350. The first-order valence-corrected chi connectivity index (χ1v) is 8.69. The van der Waals surface area contributed by atoms with E-state index in [4.69, 9.17) is 14.2 Å². The van der Waals surface area contributed by atoms with Crippen LogP contribution in [-0.4, -0.2) is 43.3 Å². The maximum Gasteiger partial charge on any atom is 0.344 e. The zero-order valence-electron chi connectivity index (χ0n) is 16.2. The van der Waals surface area contributed by atoms with Gasteiger partial charge >= 0.3 is 17.9 Å². The van der Waals surface area contributed by atoms with Crippen LogP contribution in [0.3, 0.4) is 0 Å². The minimum absolute atomic E-state index is 0.00168. The number of esters is 2. The smallest absolute Gasteiger partial charge is 0.344 e. The highest BCUT2D eigenvalue weighted by Gasteiger charge is 2.38. The number of carboxylic acids is 1.